The maximum Gasteiger partial charge on any atom is 0.376 e. The number of nitro benzene ring substituents is 1. The second-order valence-corrected chi connectivity index (χ2v) is 5.39. The van der Waals surface area contributed by atoms with Gasteiger partial charge in [-0.1, -0.05) is 23.2 Å². The molecule has 138 valence electrons. The largest absolute Gasteiger partial charge is 0.464 e. The molecule has 0 spiro atoms. The highest BCUT2D eigenvalue weighted by Gasteiger charge is 2.24. The van der Waals surface area contributed by atoms with E-state index in [1.165, 1.54) is 31.5 Å². The number of nitrogens with zero attached hydrogens (tertiary/aromatic N) is 2. The molecule has 0 aliphatic heterocycles. The Hall–Kier alpha value is -2.62. The third-order valence-corrected chi connectivity index (χ3v) is 3.77. The van der Waals surface area contributed by atoms with E-state index in [-0.39, 0.29) is 33.1 Å². The fourth-order valence-corrected chi connectivity index (χ4v) is 2.08. The first-order valence-electron chi connectivity index (χ1n) is 6.91. The third kappa shape index (κ3) is 4.51. The molecule has 0 bridgehead atoms. The van der Waals surface area contributed by atoms with E-state index in [9.17, 15) is 14.9 Å². The number of hydrogen-bond acceptors (Lipinski definition) is 8. The Bertz CT molecular complexity index is 832. The van der Waals surface area contributed by atoms with Crippen molar-refractivity contribution < 1.29 is 28.7 Å². The summed E-state index contributed by atoms with van der Waals surface area (Å²) in [5, 5.41) is 11.4. The molecule has 11 heteroatoms. The van der Waals surface area contributed by atoms with Gasteiger partial charge in [-0.2, -0.15) is 0 Å². The van der Waals surface area contributed by atoms with Crippen LogP contribution in [0.15, 0.2) is 30.5 Å². The molecule has 26 heavy (non-hydrogen) atoms. The van der Waals surface area contributed by atoms with Gasteiger partial charge in [0, 0.05) is 25.4 Å². The minimum absolute atomic E-state index is 0.0147. The van der Waals surface area contributed by atoms with Crippen LogP contribution in [0.2, 0.25) is 10.0 Å². The summed E-state index contributed by atoms with van der Waals surface area (Å²) >= 11 is 11.9. The van der Waals surface area contributed by atoms with E-state index in [0.29, 0.717) is 0 Å². The van der Waals surface area contributed by atoms with Crippen LogP contribution in [-0.4, -0.2) is 36.4 Å². The first kappa shape index (κ1) is 19.7. The summed E-state index contributed by atoms with van der Waals surface area (Å²) in [6, 6.07) is 5.02. The smallest absolute Gasteiger partial charge is 0.376 e. The molecule has 1 atom stereocenters. The minimum atomic E-state index is -1.36. The number of carbonyl (C=O) groups excluding carboxylic acids is 1. The second-order valence-electron chi connectivity index (χ2n) is 4.61. The molecule has 2 aromatic rings. The van der Waals surface area contributed by atoms with Gasteiger partial charge in [0.05, 0.1) is 17.1 Å². The summed E-state index contributed by atoms with van der Waals surface area (Å²) in [6.45, 7) is 0. The van der Waals surface area contributed by atoms with Crippen LogP contribution in [0, 0.1) is 10.1 Å². The highest BCUT2D eigenvalue weighted by Crippen LogP contribution is 2.38. The van der Waals surface area contributed by atoms with Crippen LogP contribution in [0.3, 0.4) is 0 Å². The predicted molar refractivity (Wildman–Crippen MR) is 90.9 cm³/mol. The van der Waals surface area contributed by atoms with Crippen molar-refractivity contribution in [3.8, 4) is 17.4 Å². The van der Waals surface area contributed by atoms with Crippen molar-refractivity contribution in [3.63, 3.8) is 0 Å². The van der Waals surface area contributed by atoms with Crippen LogP contribution in [0.5, 0.6) is 17.4 Å². The zero-order valence-corrected chi connectivity index (χ0v) is 15.0. The number of benzene rings is 1. The summed E-state index contributed by atoms with van der Waals surface area (Å²) in [7, 11) is 2.40. The number of rotatable bonds is 7. The van der Waals surface area contributed by atoms with Crippen LogP contribution in [0.4, 0.5) is 5.69 Å². The number of ether oxygens (including phenoxy) is 4. The van der Waals surface area contributed by atoms with E-state index < -0.39 is 17.2 Å². The second kappa shape index (κ2) is 8.65. The SMILES string of the molecule is COC(=O)C(OC)Oc1ccc([N+](=O)[O-])c(Oc2nccc(Cl)c2Cl)c1. The van der Waals surface area contributed by atoms with Crippen LogP contribution in [-0.2, 0) is 14.3 Å². The molecule has 0 N–H and O–H groups in total. The van der Waals surface area contributed by atoms with Crippen molar-refractivity contribution in [2.75, 3.05) is 14.2 Å². The van der Waals surface area contributed by atoms with E-state index in [2.05, 4.69) is 9.72 Å². The average molecular weight is 403 g/mol. The van der Waals surface area contributed by atoms with E-state index in [1.54, 1.807) is 0 Å². The summed E-state index contributed by atoms with van der Waals surface area (Å²) < 4.78 is 20.1. The van der Waals surface area contributed by atoms with Gasteiger partial charge in [0.25, 0.3) is 6.29 Å². The number of aromatic nitrogens is 1. The minimum Gasteiger partial charge on any atom is -0.464 e. The number of pyridine rings is 1. The molecule has 0 radical (unpaired) electrons. The van der Waals surface area contributed by atoms with Crippen LogP contribution in [0.1, 0.15) is 0 Å². The molecule has 0 fully saturated rings. The quantitative estimate of drug-likeness (QED) is 0.298. The molecule has 0 aliphatic carbocycles. The first-order valence-corrected chi connectivity index (χ1v) is 7.66. The highest BCUT2D eigenvalue weighted by molar-refractivity contribution is 6.42. The fourth-order valence-electron chi connectivity index (χ4n) is 1.79. The summed E-state index contributed by atoms with van der Waals surface area (Å²) in [6.07, 6.45) is -0.0318. The molecular weight excluding hydrogens is 391 g/mol. The van der Waals surface area contributed by atoms with Gasteiger partial charge < -0.3 is 18.9 Å². The van der Waals surface area contributed by atoms with Gasteiger partial charge >= 0.3 is 11.7 Å². The van der Waals surface area contributed by atoms with Crippen molar-refractivity contribution in [3.05, 3.63) is 50.6 Å². The van der Waals surface area contributed by atoms with Crippen molar-refractivity contribution in [2.45, 2.75) is 6.29 Å². The van der Waals surface area contributed by atoms with Crippen LogP contribution < -0.4 is 9.47 Å². The molecule has 1 unspecified atom stereocenters. The number of hydrogen-bond donors (Lipinski definition) is 0. The van der Waals surface area contributed by atoms with E-state index >= 15 is 0 Å². The predicted octanol–water partition coefficient (Wildman–Crippen LogP) is 3.61. The zero-order valence-electron chi connectivity index (χ0n) is 13.5. The Labute approximate surface area is 157 Å². The molecule has 1 aromatic carbocycles. The zero-order chi connectivity index (χ0) is 19.3. The fraction of sp³-hybridized carbons (Fsp3) is 0.200. The van der Waals surface area contributed by atoms with E-state index in [0.717, 1.165) is 13.2 Å². The van der Waals surface area contributed by atoms with Crippen molar-refractivity contribution >= 4 is 34.9 Å². The lowest BCUT2D eigenvalue weighted by molar-refractivity contribution is -0.385. The molecule has 0 saturated heterocycles. The highest BCUT2D eigenvalue weighted by atomic mass is 35.5. The first-order chi connectivity index (χ1) is 12.4. The van der Waals surface area contributed by atoms with E-state index in [1.807, 2.05) is 0 Å². The summed E-state index contributed by atoms with van der Waals surface area (Å²) in [4.78, 5) is 26.0. The number of nitro groups is 1. The van der Waals surface area contributed by atoms with Crippen molar-refractivity contribution in [2.24, 2.45) is 0 Å². The van der Waals surface area contributed by atoms with E-state index in [4.69, 9.17) is 37.4 Å². The van der Waals surface area contributed by atoms with Gasteiger partial charge in [-0.15, -0.1) is 0 Å². The Morgan fingerprint density at radius 3 is 2.62 bits per heavy atom. The molecule has 0 saturated carbocycles. The molecule has 0 aliphatic rings. The van der Waals surface area contributed by atoms with Gasteiger partial charge in [-0.25, -0.2) is 9.78 Å². The van der Waals surface area contributed by atoms with Gasteiger partial charge in [0.2, 0.25) is 11.6 Å². The molecule has 1 heterocycles. The maximum atomic E-state index is 11.5. The number of halogens is 2. The van der Waals surface area contributed by atoms with Gasteiger partial charge in [-0.3, -0.25) is 10.1 Å². The number of methoxy groups -OCH3 is 2. The van der Waals surface area contributed by atoms with Crippen molar-refractivity contribution in [1.82, 2.24) is 4.98 Å². The summed E-state index contributed by atoms with van der Waals surface area (Å²) in [5.41, 5.74) is -0.373. The van der Waals surface area contributed by atoms with Gasteiger partial charge in [0.1, 0.15) is 10.8 Å². The lowest BCUT2D eigenvalue weighted by Gasteiger charge is -2.15. The Morgan fingerprint density at radius 2 is 2.00 bits per heavy atom. The molecule has 0 amide bonds. The molecule has 2 rings (SSSR count). The molecule has 9 nitrogen and oxygen atoms in total. The van der Waals surface area contributed by atoms with Crippen molar-refractivity contribution in [1.29, 1.82) is 0 Å². The topological polar surface area (TPSA) is 110 Å². The monoisotopic (exact) mass is 402 g/mol. The van der Waals surface area contributed by atoms with Crippen LogP contribution >= 0.6 is 23.2 Å². The number of esters is 1. The Kier molecular flexibility index (Phi) is 6.56. The standard InChI is InChI=1S/C15H12Cl2N2O7/c1-23-14(20)15(24-2)25-8-3-4-10(19(21)22)11(7-8)26-13-12(17)9(16)5-6-18-13/h3-7,15H,1-2H3. The van der Waals surface area contributed by atoms with Crippen LogP contribution in [0.25, 0.3) is 0 Å². The summed E-state index contributed by atoms with van der Waals surface area (Å²) in [5.74, 6) is -1.08. The number of carbonyl (C=O) groups is 1. The van der Waals surface area contributed by atoms with Gasteiger partial charge in [0.15, 0.2) is 0 Å². The van der Waals surface area contributed by atoms with Gasteiger partial charge in [-0.05, 0) is 12.1 Å². The average Bonchev–Trinajstić information content (AvgIpc) is 2.62. The Morgan fingerprint density at radius 1 is 1.27 bits per heavy atom. The lowest BCUT2D eigenvalue weighted by atomic mass is 10.3. The lowest BCUT2D eigenvalue weighted by Crippen LogP contribution is -2.30. The normalized spacial score (nSPS) is 11.5. The molecule has 1 aromatic heterocycles. The Balaban J connectivity index is 2.38. The maximum absolute atomic E-state index is 11.5. The molecular formula is C15H12Cl2N2O7. The third-order valence-electron chi connectivity index (χ3n) is 3.00.